The first-order valence-electron chi connectivity index (χ1n) is 8.69. The Hall–Kier alpha value is -1.84. The van der Waals surface area contributed by atoms with Crippen LogP contribution in [0.25, 0.3) is 0 Å². The molecule has 0 aromatic heterocycles. The molecule has 1 heterocycles. The van der Waals surface area contributed by atoms with Gasteiger partial charge >= 0.3 is 0 Å². The molecule has 1 saturated heterocycles. The van der Waals surface area contributed by atoms with Crippen LogP contribution in [0.4, 0.5) is 0 Å². The fraction of sp³-hybridized carbons (Fsp3) is 0.588. The number of hydrogen-bond donors (Lipinski definition) is 1. The number of benzene rings is 1. The summed E-state index contributed by atoms with van der Waals surface area (Å²) in [5.74, 6) is 0.516. The van der Waals surface area contributed by atoms with E-state index in [-0.39, 0.29) is 24.8 Å². The van der Waals surface area contributed by atoms with Gasteiger partial charge in [0.05, 0.1) is 12.9 Å². The first-order valence-corrected chi connectivity index (χ1v) is 10.3. The molecule has 8 nitrogen and oxygen atoms in total. The zero-order valence-corrected chi connectivity index (χ0v) is 16.1. The smallest absolute Gasteiger partial charge is 0.257 e. The van der Waals surface area contributed by atoms with Crippen molar-refractivity contribution in [2.24, 2.45) is 0 Å². The second-order valence-electron chi connectivity index (χ2n) is 5.94. The van der Waals surface area contributed by atoms with Gasteiger partial charge in [-0.05, 0) is 18.7 Å². The number of ether oxygens (including phenoxy) is 2. The number of carbonyl (C=O) groups excluding carboxylic acids is 1. The standard InChI is InChI=1S/C17H27N3O5S/c1-3-19-9-11-20(12-10-19)26(22,23)13-8-18-17(21)14-25-16-7-5-4-6-15(16)24-2/h4-7H,3,8-14H2,1-2H3,(H,18,21). The summed E-state index contributed by atoms with van der Waals surface area (Å²) in [6, 6.07) is 7.02. The zero-order valence-electron chi connectivity index (χ0n) is 15.3. The Labute approximate surface area is 155 Å². The Bertz CT molecular complexity index is 687. The van der Waals surface area contributed by atoms with Gasteiger partial charge in [-0.15, -0.1) is 0 Å². The molecule has 1 aliphatic rings. The Kier molecular flexibility index (Phi) is 7.67. The number of carbonyl (C=O) groups is 1. The normalized spacial score (nSPS) is 16.2. The lowest BCUT2D eigenvalue weighted by Crippen LogP contribution is -2.50. The minimum absolute atomic E-state index is 0.0600. The highest BCUT2D eigenvalue weighted by atomic mass is 32.2. The molecule has 0 saturated carbocycles. The lowest BCUT2D eigenvalue weighted by molar-refractivity contribution is -0.122. The highest BCUT2D eigenvalue weighted by Crippen LogP contribution is 2.25. The number of hydrogen-bond acceptors (Lipinski definition) is 6. The van der Waals surface area contributed by atoms with Gasteiger partial charge in [-0.25, -0.2) is 8.42 Å². The summed E-state index contributed by atoms with van der Waals surface area (Å²) in [5.41, 5.74) is 0. The van der Waals surface area contributed by atoms with Crippen molar-refractivity contribution in [1.29, 1.82) is 0 Å². The third-order valence-corrected chi connectivity index (χ3v) is 6.15. The summed E-state index contributed by atoms with van der Waals surface area (Å²) >= 11 is 0. The second-order valence-corrected chi connectivity index (χ2v) is 8.03. The largest absolute Gasteiger partial charge is 0.493 e. The molecule has 0 unspecified atom stereocenters. The number of likely N-dealkylation sites (N-methyl/N-ethyl adjacent to an activating group) is 1. The number of sulfonamides is 1. The molecule has 1 aromatic carbocycles. The lowest BCUT2D eigenvalue weighted by Gasteiger charge is -2.33. The molecule has 1 aromatic rings. The number of amides is 1. The van der Waals surface area contributed by atoms with E-state index in [2.05, 4.69) is 17.1 Å². The number of nitrogens with zero attached hydrogens (tertiary/aromatic N) is 2. The number of nitrogens with one attached hydrogen (secondary N) is 1. The van der Waals surface area contributed by atoms with E-state index < -0.39 is 10.0 Å². The van der Waals surface area contributed by atoms with Crippen LogP contribution in [0.2, 0.25) is 0 Å². The van der Waals surface area contributed by atoms with Crippen molar-refractivity contribution >= 4 is 15.9 Å². The maximum Gasteiger partial charge on any atom is 0.257 e. The summed E-state index contributed by atoms with van der Waals surface area (Å²) in [4.78, 5) is 14.1. The zero-order chi connectivity index (χ0) is 19.0. The summed E-state index contributed by atoms with van der Waals surface area (Å²) in [5, 5.41) is 2.58. The number of piperazine rings is 1. The first-order chi connectivity index (χ1) is 12.5. The van der Waals surface area contributed by atoms with Crippen LogP contribution in [0.15, 0.2) is 24.3 Å². The van der Waals surface area contributed by atoms with Gasteiger partial charge < -0.3 is 19.7 Å². The molecule has 0 bridgehead atoms. The molecule has 2 rings (SSSR count). The minimum atomic E-state index is -3.36. The van der Waals surface area contributed by atoms with E-state index in [4.69, 9.17) is 9.47 Å². The third kappa shape index (κ3) is 5.86. The van der Waals surface area contributed by atoms with Crippen LogP contribution in [-0.2, 0) is 14.8 Å². The molecule has 1 N–H and O–H groups in total. The van der Waals surface area contributed by atoms with Gasteiger partial charge in [0, 0.05) is 32.7 Å². The van der Waals surface area contributed by atoms with E-state index in [9.17, 15) is 13.2 Å². The molecule has 0 atom stereocenters. The maximum atomic E-state index is 12.3. The van der Waals surface area contributed by atoms with E-state index in [1.165, 1.54) is 11.4 Å². The van der Waals surface area contributed by atoms with Crippen LogP contribution in [0.1, 0.15) is 6.92 Å². The predicted octanol–water partition coefficient (Wildman–Crippen LogP) is 0.158. The number of para-hydroxylation sites is 2. The van der Waals surface area contributed by atoms with Crippen molar-refractivity contribution in [3.63, 3.8) is 0 Å². The fourth-order valence-corrected chi connectivity index (χ4v) is 4.04. The quantitative estimate of drug-likeness (QED) is 0.651. The summed E-state index contributed by atoms with van der Waals surface area (Å²) in [6.45, 7) is 5.34. The molecule has 1 aliphatic heterocycles. The first kappa shape index (κ1) is 20.5. The van der Waals surface area contributed by atoms with E-state index >= 15 is 0 Å². The number of rotatable bonds is 9. The molecular weight excluding hydrogens is 358 g/mol. The minimum Gasteiger partial charge on any atom is -0.493 e. The van der Waals surface area contributed by atoms with Crippen molar-refractivity contribution in [1.82, 2.24) is 14.5 Å². The highest BCUT2D eigenvalue weighted by Gasteiger charge is 2.26. The van der Waals surface area contributed by atoms with Crippen LogP contribution >= 0.6 is 0 Å². The maximum absolute atomic E-state index is 12.3. The van der Waals surface area contributed by atoms with Gasteiger partial charge in [-0.3, -0.25) is 4.79 Å². The molecule has 0 spiro atoms. The summed E-state index contributed by atoms with van der Waals surface area (Å²) < 4.78 is 36.7. The molecule has 0 aliphatic carbocycles. The van der Waals surface area contributed by atoms with Crippen LogP contribution in [0, 0.1) is 0 Å². The van der Waals surface area contributed by atoms with Gasteiger partial charge in [0.2, 0.25) is 10.0 Å². The lowest BCUT2D eigenvalue weighted by atomic mass is 10.3. The highest BCUT2D eigenvalue weighted by molar-refractivity contribution is 7.89. The van der Waals surface area contributed by atoms with E-state index in [0.29, 0.717) is 24.6 Å². The topological polar surface area (TPSA) is 88.2 Å². The molecule has 26 heavy (non-hydrogen) atoms. The molecule has 9 heteroatoms. The van der Waals surface area contributed by atoms with Crippen LogP contribution in [-0.4, -0.2) is 82.3 Å². The third-order valence-electron chi connectivity index (χ3n) is 4.28. The molecule has 0 radical (unpaired) electrons. The van der Waals surface area contributed by atoms with Crippen molar-refractivity contribution < 1.29 is 22.7 Å². The van der Waals surface area contributed by atoms with Gasteiger partial charge in [0.15, 0.2) is 18.1 Å². The van der Waals surface area contributed by atoms with Crippen molar-refractivity contribution in [3.8, 4) is 11.5 Å². The van der Waals surface area contributed by atoms with Crippen molar-refractivity contribution in [2.45, 2.75) is 6.92 Å². The summed E-state index contributed by atoms with van der Waals surface area (Å²) in [6.07, 6.45) is 0. The Morgan fingerprint density at radius 2 is 1.81 bits per heavy atom. The average Bonchev–Trinajstić information content (AvgIpc) is 2.66. The Morgan fingerprint density at radius 1 is 1.15 bits per heavy atom. The Balaban J connectivity index is 1.72. The van der Waals surface area contributed by atoms with Gasteiger partial charge in [-0.1, -0.05) is 19.1 Å². The van der Waals surface area contributed by atoms with Crippen molar-refractivity contribution in [3.05, 3.63) is 24.3 Å². The average molecular weight is 385 g/mol. The fourth-order valence-electron chi connectivity index (χ4n) is 2.70. The molecule has 146 valence electrons. The monoisotopic (exact) mass is 385 g/mol. The van der Waals surface area contributed by atoms with Gasteiger partial charge in [-0.2, -0.15) is 4.31 Å². The van der Waals surface area contributed by atoms with Crippen LogP contribution < -0.4 is 14.8 Å². The second kappa shape index (κ2) is 9.75. The van der Waals surface area contributed by atoms with Crippen molar-refractivity contribution in [2.75, 3.05) is 58.7 Å². The predicted molar refractivity (Wildman–Crippen MR) is 99.0 cm³/mol. The van der Waals surface area contributed by atoms with Gasteiger partial charge in [0.25, 0.3) is 5.91 Å². The van der Waals surface area contributed by atoms with E-state index in [0.717, 1.165) is 19.6 Å². The van der Waals surface area contributed by atoms with E-state index in [1.54, 1.807) is 24.3 Å². The summed E-state index contributed by atoms with van der Waals surface area (Å²) in [7, 11) is -1.84. The SMILES string of the molecule is CCN1CCN(S(=O)(=O)CCNC(=O)COc2ccccc2OC)CC1. The molecule has 1 amide bonds. The van der Waals surface area contributed by atoms with Gasteiger partial charge in [0.1, 0.15) is 0 Å². The van der Waals surface area contributed by atoms with Crippen LogP contribution in [0.5, 0.6) is 11.5 Å². The Morgan fingerprint density at radius 3 is 2.42 bits per heavy atom. The van der Waals surface area contributed by atoms with Crippen LogP contribution in [0.3, 0.4) is 0 Å². The van der Waals surface area contributed by atoms with E-state index in [1.807, 2.05) is 0 Å². The number of methoxy groups -OCH3 is 1. The molecular formula is C17H27N3O5S. The molecule has 1 fully saturated rings.